The van der Waals surface area contributed by atoms with Gasteiger partial charge in [0.2, 0.25) is 10.0 Å². The normalized spacial score (nSPS) is 21.2. The second kappa shape index (κ2) is 13.0. The smallest absolute Gasteiger partial charge is 0.475 e. The molecule has 0 spiro atoms. The van der Waals surface area contributed by atoms with Crippen LogP contribution >= 0.6 is 11.6 Å². The number of fused-ring (bicyclic) bond motifs is 2. The minimum Gasteiger partial charge on any atom is -0.475 e. The third-order valence-electron chi connectivity index (χ3n) is 7.02. The maximum Gasteiger partial charge on any atom is 0.490 e. The second-order valence-corrected chi connectivity index (χ2v) is 12.2. The van der Waals surface area contributed by atoms with Crippen LogP contribution in [0.15, 0.2) is 41.3 Å². The molecule has 2 aromatic carbocycles. The Morgan fingerprint density at radius 3 is 2.25 bits per heavy atom. The zero-order valence-corrected chi connectivity index (χ0v) is 23.8. The lowest BCUT2D eigenvalue weighted by Gasteiger charge is -2.40. The van der Waals surface area contributed by atoms with E-state index in [1.54, 1.807) is 28.6 Å². The van der Waals surface area contributed by atoms with E-state index in [0.717, 1.165) is 31.2 Å². The molecule has 2 heterocycles. The van der Waals surface area contributed by atoms with Gasteiger partial charge < -0.3 is 20.1 Å². The lowest BCUT2D eigenvalue weighted by Crippen LogP contribution is -2.50. The monoisotopic (exact) mass is 609 g/mol. The van der Waals surface area contributed by atoms with Crippen LogP contribution < -0.4 is 5.32 Å². The largest absolute Gasteiger partial charge is 0.490 e. The second-order valence-electron chi connectivity index (χ2n) is 9.97. The van der Waals surface area contributed by atoms with Gasteiger partial charge in [0.25, 0.3) is 0 Å². The van der Waals surface area contributed by atoms with Crippen molar-refractivity contribution in [3.63, 3.8) is 0 Å². The Hall–Kier alpha value is -2.45. The van der Waals surface area contributed by atoms with E-state index in [9.17, 15) is 26.0 Å². The van der Waals surface area contributed by atoms with Crippen molar-refractivity contribution in [1.29, 1.82) is 0 Å². The number of carboxylic acid groups (broad SMARTS) is 1. The number of carboxylic acids is 1. The molecule has 0 aliphatic carbocycles. The van der Waals surface area contributed by atoms with Crippen LogP contribution in [0.1, 0.15) is 36.8 Å². The number of alkyl halides is 3. The molecule has 4 rings (SSSR count). The number of nitrogens with one attached hydrogen (secondary N) is 1. The molecule has 2 saturated heterocycles. The molecule has 0 radical (unpaired) electrons. The number of anilines is 1. The molecule has 2 aromatic rings. The summed E-state index contributed by atoms with van der Waals surface area (Å²) in [7, 11) is 2.02. The van der Waals surface area contributed by atoms with Gasteiger partial charge in [-0.3, -0.25) is 0 Å². The fraction of sp³-hybridized carbons (Fsp3) is 0.500. The molecule has 0 saturated carbocycles. The van der Waals surface area contributed by atoms with Crippen LogP contribution in [-0.4, -0.2) is 74.2 Å². The Morgan fingerprint density at radius 1 is 1.15 bits per heavy atom. The number of hydrogen-bond donors (Lipinski definition) is 2. The Kier molecular flexibility index (Phi) is 10.4. The molecule has 0 amide bonds. The van der Waals surface area contributed by atoms with E-state index < -0.39 is 22.2 Å². The molecular formula is C26H32ClF4N3O5S. The van der Waals surface area contributed by atoms with Gasteiger partial charge in [0.1, 0.15) is 5.82 Å². The first-order chi connectivity index (χ1) is 18.6. The zero-order chi connectivity index (χ0) is 29.8. The average Bonchev–Trinajstić information content (AvgIpc) is 3.15. The number of aliphatic carboxylic acids is 1. The number of benzene rings is 2. The van der Waals surface area contributed by atoms with Gasteiger partial charge in [-0.25, -0.2) is 17.6 Å². The Bertz CT molecular complexity index is 1300. The first-order valence-electron chi connectivity index (χ1n) is 12.4. The first kappa shape index (κ1) is 32.1. The number of halogens is 5. The number of nitrogens with zero attached hydrogens (tertiary/aromatic N) is 2. The van der Waals surface area contributed by atoms with Crippen LogP contribution in [0.3, 0.4) is 0 Å². The predicted molar refractivity (Wildman–Crippen MR) is 142 cm³/mol. The summed E-state index contributed by atoms with van der Waals surface area (Å²) in [5.41, 5.74) is 1.98. The zero-order valence-electron chi connectivity index (χ0n) is 22.2. The van der Waals surface area contributed by atoms with Crippen molar-refractivity contribution in [2.24, 2.45) is 0 Å². The fourth-order valence-electron chi connectivity index (χ4n) is 5.04. The summed E-state index contributed by atoms with van der Waals surface area (Å²) in [6, 6.07) is 10.2. The minimum absolute atomic E-state index is 0.0394. The van der Waals surface area contributed by atoms with Gasteiger partial charge in [-0.2, -0.15) is 17.5 Å². The fourth-order valence-corrected chi connectivity index (χ4v) is 7.27. The molecule has 2 N–H and O–H groups in total. The summed E-state index contributed by atoms with van der Waals surface area (Å²) in [5, 5.41) is 10.7. The van der Waals surface area contributed by atoms with Gasteiger partial charge in [0, 0.05) is 37.3 Å². The third kappa shape index (κ3) is 7.64. The summed E-state index contributed by atoms with van der Waals surface area (Å²) in [6.07, 6.45) is -1.55. The summed E-state index contributed by atoms with van der Waals surface area (Å²) in [6.45, 7) is 0.617. The van der Waals surface area contributed by atoms with Crippen LogP contribution in [0.25, 0.3) is 0 Å². The number of sulfonamides is 1. The number of carbonyl (C=O) groups is 1. The van der Waals surface area contributed by atoms with Crippen molar-refractivity contribution < 1.29 is 40.6 Å². The topological polar surface area (TPSA) is 99.2 Å². The maximum absolute atomic E-state index is 13.8. The number of ether oxygens (including phenoxy) is 1. The molecule has 40 heavy (non-hydrogen) atoms. The SMILES string of the molecule is COCc1cc(CNc2ccc(S(=O)(=O)N3[C@@H]4CC[C@H]3CC(N(C)C)C4)cc2Cl)ccc1F.O=C(O)C(F)(F)F. The highest BCUT2D eigenvalue weighted by Gasteiger charge is 2.47. The van der Waals surface area contributed by atoms with Crippen molar-refractivity contribution in [1.82, 2.24) is 9.21 Å². The van der Waals surface area contributed by atoms with Gasteiger partial charge in [-0.15, -0.1) is 0 Å². The first-order valence-corrected chi connectivity index (χ1v) is 14.3. The van der Waals surface area contributed by atoms with Gasteiger partial charge in [-0.1, -0.05) is 17.7 Å². The Balaban J connectivity index is 0.000000559. The molecular weight excluding hydrogens is 578 g/mol. The minimum atomic E-state index is -5.08. The van der Waals surface area contributed by atoms with E-state index >= 15 is 0 Å². The highest BCUT2D eigenvalue weighted by Crippen LogP contribution is 2.41. The van der Waals surface area contributed by atoms with Crippen LogP contribution in [0.4, 0.5) is 23.2 Å². The van der Waals surface area contributed by atoms with Crippen LogP contribution in [0.2, 0.25) is 5.02 Å². The van der Waals surface area contributed by atoms with Gasteiger partial charge in [0.05, 0.1) is 22.2 Å². The number of methoxy groups -OCH3 is 1. The van der Waals surface area contributed by atoms with E-state index in [0.29, 0.717) is 28.9 Å². The van der Waals surface area contributed by atoms with Crippen molar-refractivity contribution in [3.05, 3.63) is 58.4 Å². The molecule has 8 nitrogen and oxygen atoms in total. The molecule has 2 aliphatic rings. The van der Waals surface area contributed by atoms with E-state index in [4.69, 9.17) is 26.2 Å². The molecule has 3 atom stereocenters. The van der Waals surface area contributed by atoms with Crippen LogP contribution in [0.5, 0.6) is 0 Å². The molecule has 2 aliphatic heterocycles. The lowest BCUT2D eigenvalue weighted by molar-refractivity contribution is -0.192. The average molecular weight is 610 g/mol. The van der Waals surface area contributed by atoms with Gasteiger partial charge in [-0.05, 0) is 75.7 Å². The molecule has 1 unspecified atom stereocenters. The number of hydrogen-bond acceptors (Lipinski definition) is 6. The van der Waals surface area contributed by atoms with Crippen molar-refractivity contribution in [2.75, 3.05) is 26.5 Å². The van der Waals surface area contributed by atoms with Gasteiger partial charge in [0.15, 0.2) is 0 Å². The molecule has 2 fully saturated rings. The van der Waals surface area contributed by atoms with Crippen molar-refractivity contribution in [3.8, 4) is 0 Å². The van der Waals surface area contributed by atoms with Crippen LogP contribution in [-0.2, 0) is 32.7 Å². The Labute approximate surface area is 235 Å². The summed E-state index contributed by atoms with van der Waals surface area (Å²) >= 11 is 6.47. The quantitative estimate of drug-likeness (QED) is 0.401. The molecule has 2 bridgehead atoms. The summed E-state index contributed by atoms with van der Waals surface area (Å²) in [4.78, 5) is 11.3. The van der Waals surface area contributed by atoms with Crippen molar-refractivity contribution >= 4 is 33.3 Å². The predicted octanol–water partition coefficient (Wildman–Crippen LogP) is 5.12. The standard InChI is InChI=1S/C24H31ClFN3O3S.C2HF3O2/c1-28(2)20-11-18-5-6-19(12-20)29(18)33(30,31)21-7-9-24(22(25)13-21)27-14-16-4-8-23(26)17(10-16)15-32-3;3-2(4,5)1(6)7/h4,7-10,13,18-20,27H,5-6,11-12,14-15H2,1-3H3;(H,6,7)/t18-,19+,20?;. The van der Waals surface area contributed by atoms with E-state index in [2.05, 4.69) is 24.3 Å². The molecule has 14 heteroatoms. The Morgan fingerprint density at radius 2 is 1.75 bits per heavy atom. The van der Waals surface area contributed by atoms with E-state index in [-0.39, 0.29) is 29.4 Å². The number of rotatable bonds is 8. The molecule has 222 valence electrons. The summed E-state index contributed by atoms with van der Waals surface area (Å²) < 4.78 is 79.3. The van der Waals surface area contributed by atoms with Gasteiger partial charge >= 0.3 is 12.1 Å². The maximum atomic E-state index is 13.8. The summed E-state index contributed by atoms with van der Waals surface area (Å²) in [5.74, 6) is -3.07. The molecule has 0 aromatic heterocycles. The lowest BCUT2D eigenvalue weighted by atomic mass is 9.99. The van der Waals surface area contributed by atoms with E-state index in [1.165, 1.54) is 19.2 Å². The van der Waals surface area contributed by atoms with Crippen LogP contribution in [0, 0.1) is 5.82 Å². The van der Waals surface area contributed by atoms with Crippen molar-refractivity contribution in [2.45, 2.75) is 68.0 Å². The highest BCUT2D eigenvalue weighted by atomic mass is 35.5. The number of piperidine rings is 1. The third-order valence-corrected chi connectivity index (χ3v) is 9.34. The van der Waals surface area contributed by atoms with E-state index in [1.807, 2.05) is 0 Å². The highest BCUT2D eigenvalue weighted by molar-refractivity contribution is 7.89.